The molecular weight excluding hydrogens is 721 g/mol. The summed E-state index contributed by atoms with van der Waals surface area (Å²) >= 11 is 3.50. The Labute approximate surface area is 331 Å². The highest BCUT2D eigenvalue weighted by molar-refractivity contribution is 7.26. The molecule has 0 unspecified atom stereocenters. The molecule has 0 aliphatic rings. The van der Waals surface area contributed by atoms with Crippen LogP contribution < -0.4 is 0 Å². The van der Waals surface area contributed by atoms with Crippen LogP contribution in [0.15, 0.2) is 182 Å². The van der Waals surface area contributed by atoms with Gasteiger partial charge < -0.3 is 0 Å². The maximum Gasteiger partial charge on any atom is 0.160 e. The normalized spacial score (nSPS) is 11.6. The van der Waals surface area contributed by atoms with Crippen LogP contribution in [0.5, 0.6) is 0 Å². The van der Waals surface area contributed by atoms with Crippen molar-refractivity contribution in [3.63, 3.8) is 0 Å². The highest BCUT2D eigenvalue weighted by atomic mass is 32.1. The summed E-state index contributed by atoms with van der Waals surface area (Å²) in [4.78, 5) is 21.1. The van der Waals surface area contributed by atoms with E-state index >= 15 is 0 Å². The van der Waals surface area contributed by atoms with Gasteiger partial charge in [-0.05, 0) is 46.5 Å². The molecular formula is C50H30N4S2. The van der Waals surface area contributed by atoms with Crippen molar-refractivity contribution < 1.29 is 0 Å². The van der Waals surface area contributed by atoms with E-state index in [9.17, 15) is 0 Å². The van der Waals surface area contributed by atoms with Crippen molar-refractivity contribution in [1.82, 2.24) is 19.9 Å². The van der Waals surface area contributed by atoms with E-state index in [1.165, 1.54) is 20.5 Å². The van der Waals surface area contributed by atoms with Crippen LogP contribution in [0.25, 0.3) is 108 Å². The van der Waals surface area contributed by atoms with Gasteiger partial charge in [-0.1, -0.05) is 158 Å². The fraction of sp³-hybridized carbons (Fsp3) is 0. The van der Waals surface area contributed by atoms with Crippen LogP contribution in [0.4, 0.5) is 0 Å². The first-order valence-electron chi connectivity index (χ1n) is 18.5. The number of benzene rings is 7. The van der Waals surface area contributed by atoms with Gasteiger partial charge in [0, 0.05) is 42.4 Å². The zero-order valence-electron chi connectivity index (χ0n) is 29.9. The minimum absolute atomic E-state index is 0.686. The maximum atomic E-state index is 5.30. The van der Waals surface area contributed by atoms with Crippen LogP contribution >= 0.6 is 22.7 Å². The second kappa shape index (κ2) is 13.5. The molecule has 4 aromatic heterocycles. The van der Waals surface area contributed by atoms with E-state index in [4.69, 9.17) is 19.9 Å². The molecule has 11 aromatic rings. The lowest BCUT2D eigenvalue weighted by molar-refractivity contribution is 1.23. The van der Waals surface area contributed by atoms with Crippen LogP contribution in [0, 0.1) is 0 Å². The first-order valence-corrected chi connectivity index (χ1v) is 20.2. The number of rotatable bonds is 6. The van der Waals surface area contributed by atoms with Crippen molar-refractivity contribution in [1.29, 1.82) is 0 Å². The Hall–Kier alpha value is -6.86. The quantitative estimate of drug-likeness (QED) is 0.170. The maximum absolute atomic E-state index is 5.30. The minimum Gasteiger partial charge on any atom is -0.226 e. The molecule has 0 amide bonds. The summed E-state index contributed by atoms with van der Waals surface area (Å²) in [5.74, 6) is 1.37. The van der Waals surface area contributed by atoms with Crippen molar-refractivity contribution in [2.45, 2.75) is 0 Å². The highest BCUT2D eigenvalue weighted by Gasteiger charge is 2.19. The number of nitrogens with zero attached hydrogens (tertiary/aromatic N) is 4. The molecule has 0 saturated heterocycles. The molecule has 262 valence electrons. The average Bonchev–Trinajstić information content (AvgIpc) is 3.85. The molecule has 0 aliphatic heterocycles. The Morgan fingerprint density at radius 2 is 0.661 bits per heavy atom. The lowest BCUT2D eigenvalue weighted by atomic mass is 10.0. The van der Waals surface area contributed by atoms with Crippen LogP contribution in [0.1, 0.15) is 0 Å². The number of thiophene rings is 2. The van der Waals surface area contributed by atoms with E-state index in [1.807, 2.05) is 0 Å². The van der Waals surface area contributed by atoms with Crippen molar-refractivity contribution in [3.8, 4) is 67.5 Å². The molecule has 0 N–H and O–H groups in total. The molecule has 0 radical (unpaired) electrons. The zero-order chi connectivity index (χ0) is 37.0. The molecule has 7 aromatic carbocycles. The SMILES string of the molecule is c1ccc(-c2cccc(-c3nc(-c4ccc(-c5nc(-c6cccc(-c7ccccc7)c6)c6sc7ccccc7c6n5)cc4)nc4c3sc3ccccc34)c2)cc1. The van der Waals surface area contributed by atoms with Gasteiger partial charge in [-0.3, -0.25) is 0 Å². The number of hydrogen-bond acceptors (Lipinski definition) is 6. The molecule has 6 heteroatoms. The lowest BCUT2D eigenvalue weighted by Gasteiger charge is -2.10. The van der Waals surface area contributed by atoms with Gasteiger partial charge in [0.25, 0.3) is 0 Å². The summed E-state index contributed by atoms with van der Waals surface area (Å²) in [5, 5.41) is 2.28. The van der Waals surface area contributed by atoms with Gasteiger partial charge in [-0.2, -0.15) is 0 Å². The van der Waals surface area contributed by atoms with Gasteiger partial charge in [0.15, 0.2) is 11.6 Å². The second-order valence-corrected chi connectivity index (χ2v) is 15.9. The fourth-order valence-electron chi connectivity index (χ4n) is 7.55. The number of aromatic nitrogens is 4. The largest absolute Gasteiger partial charge is 0.226 e. The monoisotopic (exact) mass is 750 g/mol. The molecule has 0 atom stereocenters. The summed E-state index contributed by atoms with van der Waals surface area (Å²) in [6, 6.07) is 63.7. The predicted molar refractivity (Wildman–Crippen MR) is 236 cm³/mol. The van der Waals surface area contributed by atoms with E-state index in [-0.39, 0.29) is 0 Å². The third-order valence-electron chi connectivity index (χ3n) is 10.3. The van der Waals surface area contributed by atoms with Gasteiger partial charge in [-0.15, -0.1) is 22.7 Å². The van der Waals surface area contributed by atoms with Gasteiger partial charge in [0.2, 0.25) is 0 Å². The smallest absolute Gasteiger partial charge is 0.160 e. The molecule has 0 saturated carbocycles. The summed E-state index contributed by atoms with van der Waals surface area (Å²) < 4.78 is 4.57. The lowest BCUT2D eigenvalue weighted by Crippen LogP contribution is -1.95. The molecule has 0 bridgehead atoms. The topological polar surface area (TPSA) is 51.6 Å². The van der Waals surface area contributed by atoms with Gasteiger partial charge >= 0.3 is 0 Å². The summed E-state index contributed by atoms with van der Waals surface area (Å²) in [6.45, 7) is 0. The third kappa shape index (κ3) is 5.66. The van der Waals surface area contributed by atoms with Crippen molar-refractivity contribution in [3.05, 3.63) is 182 Å². The Morgan fingerprint density at radius 3 is 1.11 bits per heavy atom. The van der Waals surface area contributed by atoms with E-state index in [1.54, 1.807) is 22.7 Å². The van der Waals surface area contributed by atoms with Crippen LogP contribution in [-0.4, -0.2) is 19.9 Å². The van der Waals surface area contributed by atoms with Gasteiger partial charge in [0.05, 0.1) is 31.8 Å². The minimum atomic E-state index is 0.686. The van der Waals surface area contributed by atoms with Gasteiger partial charge in [-0.25, -0.2) is 19.9 Å². The molecule has 0 fully saturated rings. The number of fused-ring (bicyclic) bond motifs is 6. The fourth-order valence-corrected chi connectivity index (χ4v) is 9.86. The van der Waals surface area contributed by atoms with Gasteiger partial charge in [0.1, 0.15) is 0 Å². The summed E-state index contributed by atoms with van der Waals surface area (Å²) in [5.41, 5.74) is 12.5. The predicted octanol–water partition coefficient (Wildman–Crippen LogP) is 14.0. The standard InChI is InChI=1S/C50H30N4S2/c1-3-13-31(14-4-1)35-17-11-19-37(29-35)43-47-45(39-21-7-9-23-41(39)55-47)53-49(51-43)33-25-27-34(28-26-33)50-52-44(48-46(54-50)40-22-8-10-24-42(40)56-48)38-20-12-18-36(30-38)32-15-5-2-6-16-32/h1-30H. The van der Waals surface area contributed by atoms with E-state index in [0.29, 0.717) is 11.6 Å². The molecule has 0 spiro atoms. The van der Waals surface area contributed by atoms with Crippen LogP contribution in [-0.2, 0) is 0 Å². The third-order valence-corrected chi connectivity index (χ3v) is 12.7. The Bertz CT molecular complexity index is 3020. The van der Waals surface area contributed by atoms with Crippen molar-refractivity contribution >= 4 is 63.3 Å². The van der Waals surface area contributed by atoms with Crippen LogP contribution in [0.2, 0.25) is 0 Å². The van der Waals surface area contributed by atoms with Crippen LogP contribution in [0.3, 0.4) is 0 Å². The first kappa shape index (κ1) is 32.6. The van der Waals surface area contributed by atoms with E-state index in [2.05, 4.69) is 182 Å². The highest BCUT2D eigenvalue weighted by Crippen LogP contribution is 2.42. The number of hydrogen-bond donors (Lipinski definition) is 0. The molecule has 4 heterocycles. The summed E-state index contributed by atoms with van der Waals surface area (Å²) in [7, 11) is 0. The first-order chi connectivity index (χ1) is 27.7. The van der Waals surface area contributed by atoms with Crippen molar-refractivity contribution in [2.24, 2.45) is 0 Å². The Balaban J connectivity index is 1.04. The van der Waals surface area contributed by atoms with Crippen molar-refractivity contribution in [2.75, 3.05) is 0 Å². The Kier molecular flexibility index (Phi) is 7.83. The molecule has 4 nitrogen and oxygen atoms in total. The molecule has 0 aliphatic carbocycles. The van der Waals surface area contributed by atoms with E-state index in [0.717, 1.165) is 76.0 Å². The Morgan fingerprint density at radius 1 is 0.286 bits per heavy atom. The van der Waals surface area contributed by atoms with E-state index < -0.39 is 0 Å². The summed E-state index contributed by atoms with van der Waals surface area (Å²) in [6.07, 6.45) is 0. The second-order valence-electron chi connectivity index (χ2n) is 13.8. The molecule has 11 rings (SSSR count). The zero-order valence-corrected chi connectivity index (χ0v) is 31.6. The average molecular weight is 751 g/mol. The molecule has 56 heavy (non-hydrogen) atoms.